The van der Waals surface area contributed by atoms with Crippen molar-refractivity contribution in [1.82, 2.24) is 0 Å². The zero-order chi connectivity index (χ0) is 20.0. The first-order valence-electron chi connectivity index (χ1n) is 12.1. The van der Waals surface area contributed by atoms with Crippen LogP contribution in [0.15, 0.2) is 18.2 Å². The predicted molar refractivity (Wildman–Crippen MR) is 114 cm³/mol. The Morgan fingerprint density at radius 2 is 1.97 bits per heavy atom. The van der Waals surface area contributed by atoms with E-state index >= 15 is 0 Å². The van der Waals surface area contributed by atoms with Crippen molar-refractivity contribution in [2.24, 2.45) is 23.2 Å². The number of phenolic OH excluding ortho intramolecular Hbond substituents is 1. The maximum absolute atomic E-state index is 12.6. The first-order chi connectivity index (χ1) is 14.0. The van der Waals surface area contributed by atoms with Crippen molar-refractivity contribution in [1.29, 1.82) is 0 Å². The molecule has 5 atom stereocenters. The standard InChI is InChI=1S/C26H36O3/c1-26-15-14-21-20-10-8-19(27)16-18(20)7-9-22(21)23(26)11-12-24(26)29-25(28)13-6-17-4-2-3-5-17/h8,10,16-17,21-24,27H,2-7,9,11-15H2,1H3/t21-,22+,23-,24-,26+/m1/s1. The molecule has 3 fully saturated rings. The summed E-state index contributed by atoms with van der Waals surface area (Å²) in [7, 11) is 0. The Morgan fingerprint density at radius 1 is 1.14 bits per heavy atom. The molecule has 1 N–H and O–H groups in total. The molecule has 3 nitrogen and oxygen atoms in total. The van der Waals surface area contributed by atoms with E-state index in [2.05, 4.69) is 13.0 Å². The van der Waals surface area contributed by atoms with Crippen LogP contribution in [-0.4, -0.2) is 17.2 Å². The number of esters is 1. The van der Waals surface area contributed by atoms with Crippen LogP contribution in [0.5, 0.6) is 5.75 Å². The van der Waals surface area contributed by atoms with Crippen LogP contribution in [-0.2, 0) is 16.0 Å². The van der Waals surface area contributed by atoms with Crippen LogP contribution in [0.3, 0.4) is 0 Å². The number of carbonyl (C=O) groups excluding carboxylic acids is 1. The summed E-state index contributed by atoms with van der Waals surface area (Å²) in [6, 6.07) is 6.00. The molecule has 158 valence electrons. The Hall–Kier alpha value is -1.51. The van der Waals surface area contributed by atoms with Crippen molar-refractivity contribution in [3.8, 4) is 5.75 Å². The van der Waals surface area contributed by atoms with Crippen LogP contribution in [0.25, 0.3) is 0 Å². The normalized spacial score (nSPS) is 36.3. The predicted octanol–water partition coefficient (Wildman–Crippen LogP) is 6.13. The van der Waals surface area contributed by atoms with Crippen LogP contribution in [0.4, 0.5) is 0 Å². The number of hydrogen-bond acceptors (Lipinski definition) is 3. The number of carbonyl (C=O) groups is 1. The van der Waals surface area contributed by atoms with Crippen LogP contribution < -0.4 is 0 Å². The second kappa shape index (κ2) is 7.63. The highest BCUT2D eigenvalue weighted by molar-refractivity contribution is 5.69. The lowest BCUT2D eigenvalue weighted by atomic mass is 9.55. The van der Waals surface area contributed by atoms with Gasteiger partial charge in [0, 0.05) is 11.8 Å². The van der Waals surface area contributed by atoms with E-state index in [1.807, 2.05) is 12.1 Å². The fourth-order valence-electron chi connectivity index (χ4n) is 7.55. The molecule has 0 aliphatic heterocycles. The molecule has 0 aromatic heterocycles. The van der Waals surface area contributed by atoms with Gasteiger partial charge in [0.2, 0.25) is 0 Å². The highest BCUT2D eigenvalue weighted by Gasteiger charge is 2.56. The Bertz CT molecular complexity index is 765. The smallest absolute Gasteiger partial charge is 0.306 e. The number of fused-ring (bicyclic) bond motifs is 5. The van der Waals surface area contributed by atoms with Gasteiger partial charge in [-0.3, -0.25) is 4.79 Å². The minimum atomic E-state index is 0.0513. The third-order valence-electron chi connectivity index (χ3n) is 9.13. The third-order valence-corrected chi connectivity index (χ3v) is 9.13. The van der Waals surface area contributed by atoms with Crippen molar-refractivity contribution in [3.05, 3.63) is 29.3 Å². The highest BCUT2D eigenvalue weighted by Crippen LogP contribution is 2.61. The highest BCUT2D eigenvalue weighted by atomic mass is 16.5. The number of rotatable bonds is 4. The molecule has 1 aromatic carbocycles. The lowest BCUT2D eigenvalue weighted by Gasteiger charge is -2.50. The van der Waals surface area contributed by atoms with Crippen molar-refractivity contribution in [3.63, 3.8) is 0 Å². The molecule has 1 aromatic rings. The van der Waals surface area contributed by atoms with Crippen LogP contribution in [0.2, 0.25) is 0 Å². The summed E-state index contributed by atoms with van der Waals surface area (Å²) in [6.07, 6.45) is 13.9. The van der Waals surface area contributed by atoms with Gasteiger partial charge >= 0.3 is 5.97 Å². The molecular formula is C26H36O3. The second-order valence-corrected chi connectivity index (χ2v) is 10.6. The van der Waals surface area contributed by atoms with Gasteiger partial charge in [0.05, 0.1) is 0 Å². The van der Waals surface area contributed by atoms with Crippen molar-refractivity contribution in [2.75, 3.05) is 0 Å². The van der Waals surface area contributed by atoms with Gasteiger partial charge in [0.25, 0.3) is 0 Å². The van der Waals surface area contributed by atoms with Gasteiger partial charge in [-0.2, -0.15) is 0 Å². The van der Waals surface area contributed by atoms with Crippen molar-refractivity contribution >= 4 is 5.97 Å². The SMILES string of the molecule is C[C@]12CC[C@@H]3c4ccc(O)cc4CC[C@@H]3[C@H]1CC[C@H]2OC(=O)CCC1CCCC1. The minimum absolute atomic E-state index is 0.0513. The van der Waals surface area contributed by atoms with E-state index in [1.54, 1.807) is 0 Å². The molecule has 5 rings (SSSR count). The van der Waals surface area contributed by atoms with E-state index in [4.69, 9.17) is 4.74 Å². The van der Waals surface area contributed by atoms with Gasteiger partial charge in [-0.15, -0.1) is 0 Å². The van der Waals surface area contributed by atoms with E-state index in [0.717, 1.165) is 31.6 Å². The summed E-state index contributed by atoms with van der Waals surface area (Å²) in [6.45, 7) is 2.40. The number of aryl methyl sites for hydroxylation is 1. The van der Waals surface area contributed by atoms with E-state index < -0.39 is 0 Å². The van der Waals surface area contributed by atoms with E-state index in [9.17, 15) is 9.90 Å². The lowest BCUT2D eigenvalue weighted by Crippen LogP contribution is -2.45. The number of hydrogen-bond donors (Lipinski definition) is 1. The van der Waals surface area contributed by atoms with Gasteiger partial charge in [-0.25, -0.2) is 0 Å². The summed E-state index contributed by atoms with van der Waals surface area (Å²) in [5.41, 5.74) is 2.97. The number of benzene rings is 1. The summed E-state index contributed by atoms with van der Waals surface area (Å²) in [4.78, 5) is 12.6. The first-order valence-corrected chi connectivity index (χ1v) is 12.1. The van der Waals surface area contributed by atoms with Crippen LogP contribution in [0, 0.1) is 23.2 Å². The van der Waals surface area contributed by atoms with Gasteiger partial charge in [-0.05, 0) is 91.9 Å². The third kappa shape index (κ3) is 3.49. The summed E-state index contributed by atoms with van der Waals surface area (Å²) in [5.74, 6) is 3.19. The molecule has 3 heteroatoms. The number of phenols is 1. The van der Waals surface area contributed by atoms with E-state index in [-0.39, 0.29) is 17.5 Å². The van der Waals surface area contributed by atoms with Crippen LogP contribution >= 0.6 is 0 Å². The zero-order valence-corrected chi connectivity index (χ0v) is 17.9. The molecule has 0 spiro atoms. The largest absolute Gasteiger partial charge is 0.508 e. The molecule has 3 saturated carbocycles. The molecule has 0 radical (unpaired) electrons. The average molecular weight is 397 g/mol. The molecule has 4 aliphatic rings. The monoisotopic (exact) mass is 396 g/mol. The Balaban J connectivity index is 1.25. The molecule has 0 unspecified atom stereocenters. The number of ether oxygens (including phenoxy) is 1. The molecule has 29 heavy (non-hydrogen) atoms. The number of aromatic hydroxyl groups is 1. The Morgan fingerprint density at radius 3 is 2.79 bits per heavy atom. The van der Waals surface area contributed by atoms with Gasteiger partial charge < -0.3 is 9.84 Å². The second-order valence-electron chi connectivity index (χ2n) is 10.6. The van der Waals surface area contributed by atoms with Gasteiger partial charge in [-0.1, -0.05) is 38.7 Å². The molecule has 4 aliphatic carbocycles. The molecule has 0 heterocycles. The molecule has 0 amide bonds. The van der Waals surface area contributed by atoms with Gasteiger partial charge in [0.1, 0.15) is 11.9 Å². The fourth-order valence-corrected chi connectivity index (χ4v) is 7.55. The Labute approximate surface area is 175 Å². The minimum Gasteiger partial charge on any atom is -0.508 e. The Kier molecular flexibility index (Phi) is 5.12. The van der Waals surface area contributed by atoms with Crippen molar-refractivity contribution < 1.29 is 14.6 Å². The summed E-state index contributed by atoms with van der Waals surface area (Å²) in [5, 5.41) is 9.86. The lowest BCUT2D eigenvalue weighted by molar-refractivity contribution is -0.157. The molecule has 0 bridgehead atoms. The van der Waals surface area contributed by atoms with Crippen LogP contribution in [0.1, 0.15) is 94.6 Å². The summed E-state index contributed by atoms with van der Waals surface area (Å²) < 4.78 is 6.14. The zero-order valence-electron chi connectivity index (χ0n) is 17.9. The fraction of sp³-hybridized carbons (Fsp3) is 0.731. The maximum Gasteiger partial charge on any atom is 0.306 e. The van der Waals surface area contributed by atoms with E-state index in [0.29, 0.717) is 29.9 Å². The topological polar surface area (TPSA) is 46.5 Å². The summed E-state index contributed by atoms with van der Waals surface area (Å²) >= 11 is 0. The van der Waals surface area contributed by atoms with E-state index in [1.165, 1.54) is 56.1 Å². The quantitative estimate of drug-likeness (QED) is 0.623. The van der Waals surface area contributed by atoms with Crippen molar-refractivity contribution in [2.45, 2.75) is 96.0 Å². The maximum atomic E-state index is 12.6. The average Bonchev–Trinajstić information content (AvgIpc) is 3.34. The molecular weight excluding hydrogens is 360 g/mol. The molecule has 0 saturated heterocycles. The van der Waals surface area contributed by atoms with Gasteiger partial charge in [0.15, 0.2) is 0 Å². The first kappa shape index (κ1) is 19.5.